The Morgan fingerprint density at radius 1 is 0.692 bits per heavy atom. The second kappa shape index (κ2) is 13.4. The molecule has 0 aromatic rings. The van der Waals surface area contributed by atoms with Gasteiger partial charge < -0.3 is 18.9 Å². The maximum atomic E-state index is 11.0. The van der Waals surface area contributed by atoms with Crippen LogP contribution in [-0.2, 0) is 18.9 Å². The lowest BCUT2D eigenvalue weighted by molar-refractivity contribution is -0.0264. The van der Waals surface area contributed by atoms with Crippen LogP contribution >= 0.6 is 23.5 Å². The lowest BCUT2D eigenvalue weighted by atomic mass is 10.1. The first-order valence-electron chi connectivity index (χ1n) is 9.56. The molecule has 0 aromatic heterocycles. The predicted octanol–water partition coefficient (Wildman–Crippen LogP) is 4.64. The van der Waals surface area contributed by atoms with Crippen molar-refractivity contribution in [3.05, 3.63) is 0 Å². The Bertz CT molecular complexity index is 382. The van der Waals surface area contributed by atoms with Gasteiger partial charge in [-0.25, -0.2) is 9.59 Å². The molecular weight excluding hydrogens is 376 g/mol. The first kappa shape index (κ1) is 21.5. The summed E-state index contributed by atoms with van der Waals surface area (Å²) in [5, 5.41) is 0. The molecule has 26 heavy (non-hydrogen) atoms. The van der Waals surface area contributed by atoms with Crippen LogP contribution in [0.25, 0.3) is 0 Å². The maximum Gasteiger partial charge on any atom is 0.508 e. The summed E-state index contributed by atoms with van der Waals surface area (Å²) < 4.78 is 19.8. The molecule has 0 N–H and O–H groups in total. The summed E-state index contributed by atoms with van der Waals surface area (Å²) in [5.74, 6) is 4.72. The molecule has 2 aliphatic heterocycles. The third kappa shape index (κ3) is 9.80. The Morgan fingerprint density at radius 2 is 1.15 bits per heavy atom. The standard InChI is InChI=1S/C18H30O6S2/c19-17-21-9-7-15(23-17)5-1-3-11-25-13-14-26-12-4-2-6-16-8-10-22-18(20)24-16/h15-16H,1-14H2. The third-order valence-corrected chi connectivity index (χ3v) is 6.75. The Morgan fingerprint density at radius 3 is 1.58 bits per heavy atom. The van der Waals surface area contributed by atoms with E-state index in [2.05, 4.69) is 0 Å². The molecular formula is C18H30O6S2. The van der Waals surface area contributed by atoms with E-state index in [9.17, 15) is 9.59 Å². The van der Waals surface area contributed by atoms with Crippen LogP contribution in [0.1, 0.15) is 51.4 Å². The van der Waals surface area contributed by atoms with Crippen LogP contribution in [0.5, 0.6) is 0 Å². The Balaban J connectivity index is 1.29. The van der Waals surface area contributed by atoms with Gasteiger partial charge in [0.05, 0.1) is 13.2 Å². The van der Waals surface area contributed by atoms with Crippen LogP contribution in [0.2, 0.25) is 0 Å². The molecule has 2 unspecified atom stereocenters. The highest BCUT2D eigenvalue weighted by Gasteiger charge is 2.21. The van der Waals surface area contributed by atoms with Crippen molar-refractivity contribution < 1.29 is 28.5 Å². The van der Waals surface area contributed by atoms with Gasteiger partial charge in [-0.2, -0.15) is 23.5 Å². The fourth-order valence-electron chi connectivity index (χ4n) is 2.89. The van der Waals surface area contributed by atoms with E-state index in [1.165, 1.54) is 35.9 Å². The van der Waals surface area contributed by atoms with Gasteiger partial charge in [0, 0.05) is 24.3 Å². The van der Waals surface area contributed by atoms with Gasteiger partial charge in [-0.05, 0) is 50.0 Å². The molecule has 2 rings (SSSR count). The summed E-state index contributed by atoms with van der Waals surface area (Å²) in [4.78, 5) is 22.0. The van der Waals surface area contributed by atoms with Crippen LogP contribution in [-0.4, -0.2) is 60.7 Å². The zero-order chi connectivity index (χ0) is 18.5. The smallest absolute Gasteiger partial charge is 0.434 e. The topological polar surface area (TPSA) is 71.1 Å². The monoisotopic (exact) mass is 406 g/mol. The minimum atomic E-state index is -0.513. The Hall–Kier alpha value is -0.760. The summed E-state index contributed by atoms with van der Waals surface area (Å²) in [6.07, 6.45) is 7.20. The molecule has 0 aromatic carbocycles. The summed E-state index contributed by atoms with van der Waals surface area (Å²) in [6, 6.07) is 0. The molecule has 2 aliphatic rings. The minimum Gasteiger partial charge on any atom is -0.434 e. The highest BCUT2D eigenvalue weighted by molar-refractivity contribution is 8.02. The lowest BCUT2D eigenvalue weighted by Gasteiger charge is -2.21. The van der Waals surface area contributed by atoms with E-state index in [0.717, 1.165) is 38.5 Å². The minimum absolute atomic E-state index is 0.0569. The molecule has 0 amide bonds. The van der Waals surface area contributed by atoms with Crippen LogP contribution in [0, 0.1) is 0 Å². The van der Waals surface area contributed by atoms with E-state index < -0.39 is 12.3 Å². The molecule has 8 heteroatoms. The van der Waals surface area contributed by atoms with Crippen LogP contribution in [0.3, 0.4) is 0 Å². The van der Waals surface area contributed by atoms with Crippen molar-refractivity contribution in [1.82, 2.24) is 0 Å². The van der Waals surface area contributed by atoms with Crippen molar-refractivity contribution in [2.45, 2.75) is 63.6 Å². The van der Waals surface area contributed by atoms with Gasteiger partial charge in [0.1, 0.15) is 12.2 Å². The van der Waals surface area contributed by atoms with Crippen molar-refractivity contribution in [3.8, 4) is 0 Å². The number of cyclic esters (lactones) is 4. The van der Waals surface area contributed by atoms with Gasteiger partial charge in [-0.3, -0.25) is 0 Å². The largest absolute Gasteiger partial charge is 0.508 e. The normalized spacial score (nSPS) is 22.9. The van der Waals surface area contributed by atoms with Crippen molar-refractivity contribution in [3.63, 3.8) is 0 Å². The lowest BCUT2D eigenvalue weighted by Crippen LogP contribution is -2.27. The van der Waals surface area contributed by atoms with Gasteiger partial charge in [0.2, 0.25) is 0 Å². The van der Waals surface area contributed by atoms with E-state index >= 15 is 0 Å². The summed E-state index contributed by atoms with van der Waals surface area (Å²) >= 11 is 4.00. The highest BCUT2D eigenvalue weighted by atomic mass is 32.2. The van der Waals surface area contributed by atoms with Crippen molar-refractivity contribution in [1.29, 1.82) is 0 Å². The van der Waals surface area contributed by atoms with Gasteiger partial charge in [-0.15, -0.1) is 0 Å². The van der Waals surface area contributed by atoms with Gasteiger partial charge in [0.25, 0.3) is 0 Å². The molecule has 150 valence electrons. The number of rotatable bonds is 13. The Labute approximate surface area is 164 Å². The maximum absolute atomic E-state index is 11.0. The van der Waals surface area contributed by atoms with Gasteiger partial charge >= 0.3 is 12.3 Å². The third-order valence-electron chi connectivity index (χ3n) is 4.35. The zero-order valence-electron chi connectivity index (χ0n) is 15.3. The zero-order valence-corrected chi connectivity index (χ0v) is 17.0. The van der Waals surface area contributed by atoms with E-state index in [0.29, 0.717) is 13.2 Å². The molecule has 0 radical (unpaired) electrons. The highest BCUT2D eigenvalue weighted by Crippen LogP contribution is 2.18. The number of hydrogen-bond donors (Lipinski definition) is 0. The van der Waals surface area contributed by atoms with Crippen molar-refractivity contribution in [2.75, 3.05) is 36.2 Å². The number of hydrogen-bond acceptors (Lipinski definition) is 8. The SMILES string of the molecule is O=C1OCCC(CCCCSCCSCCCCC2CCOC(=O)O2)O1. The van der Waals surface area contributed by atoms with E-state index in [1.54, 1.807) is 0 Å². The number of ether oxygens (including phenoxy) is 4. The van der Waals surface area contributed by atoms with E-state index in [4.69, 9.17) is 18.9 Å². The molecule has 0 aliphatic carbocycles. The fourth-order valence-corrected chi connectivity index (χ4v) is 5.05. The summed E-state index contributed by atoms with van der Waals surface area (Å²) in [7, 11) is 0. The first-order chi connectivity index (χ1) is 12.7. The van der Waals surface area contributed by atoms with Crippen LogP contribution in [0.15, 0.2) is 0 Å². The van der Waals surface area contributed by atoms with Crippen molar-refractivity contribution in [2.24, 2.45) is 0 Å². The first-order valence-corrected chi connectivity index (χ1v) is 11.9. The molecule has 0 saturated carbocycles. The number of thioether (sulfide) groups is 2. The van der Waals surface area contributed by atoms with Crippen molar-refractivity contribution >= 4 is 35.8 Å². The number of carbonyl (C=O) groups excluding carboxylic acids is 2. The van der Waals surface area contributed by atoms with Gasteiger partial charge in [0.15, 0.2) is 0 Å². The second-order valence-electron chi connectivity index (χ2n) is 6.47. The second-order valence-corrected chi connectivity index (χ2v) is 8.92. The average molecular weight is 407 g/mol. The summed E-state index contributed by atoms with van der Waals surface area (Å²) in [5.41, 5.74) is 0. The molecule has 0 spiro atoms. The number of carbonyl (C=O) groups is 2. The summed E-state index contributed by atoms with van der Waals surface area (Å²) in [6.45, 7) is 0.991. The van der Waals surface area contributed by atoms with E-state index in [1.807, 2.05) is 23.5 Å². The molecule has 0 bridgehead atoms. The molecule has 2 fully saturated rings. The average Bonchev–Trinajstić information content (AvgIpc) is 2.63. The quantitative estimate of drug-likeness (QED) is 0.323. The van der Waals surface area contributed by atoms with Crippen LogP contribution in [0.4, 0.5) is 9.59 Å². The van der Waals surface area contributed by atoms with Gasteiger partial charge in [-0.1, -0.05) is 0 Å². The molecule has 6 nitrogen and oxygen atoms in total. The van der Waals surface area contributed by atoms with E-state index in [-0.39, 0.29) is 12.2 Å². The molecule has 2 heterocycles. The fraction of sp³-hybridized carbons (Fsp3) is 0.889. The number of unbranched alkanes of at least 4 members (excludes halogenated alkanes) is 2. The molecule has 2 atom stereocenters. The Kier molecular flexibility index (Phi) is 11.1. The molecule has 2 saturated heterocycles. The predicted molar refractivity (Wildman–Crippen MR) is 104 cm³/mol. The van der Waals surface area contributed by atoms with Crippen LogP contribution < -0.4 is 0 Å².